The van der Waals surface area contributed by atoms with Crippen molar-refractivity contribution in [1.29, 1.82) is 0 Å². The molecule has 3 rings (SSSR count). The summed E-state index contributed by atoms with van der Waals surface area (Å²) in [6.07, 6.45) is 4.30. The molecule has 132 valence electrons. The maximum absolute atomic E-state index is 9.63. The maximum Gasteiger partial charge on any atom is 0.492 e. The number of ether oxygens (including phenoxy) is 3. The molecule has 6 nitrogen and oxygen atoms in total. The third-order valence-electron chi connectivity index (χ3n) is 4.02. The summed E-state index contributed by atoms with van der Waals surface area (Å²) in [6, 6.07) is 11.2. The van der Waals surface area contributed by atoms with Gasteiger partial charge in [-0.25, -0.2) is 0 Å². The molecule has 1 atom stereocenters. The standard InChI is InChI=1S/C18H22BNO5/c21-19(22)16-10-15(13-25-18-8-4-5-9-23-18)20-11-17(16)24-12-14-6-2-1-3-7-14/h1-3,6-7,10-11,18,21-22H,4-5,8-9,12-13H2. The molecule has 0 saturated carbocycles. The number of rotatable bonds is 7. The molecule has 1 aromatic carbocycles. The SMILES string of the molecule is OB(O)c1cc(COC2CCCCO2)ncc1OCc1ccccc1. The van der Waals surface area contributed by atoms with Gasteiger partial charge in [-0.1, -0.05) is 30.3 Å². The van der Waals surface area contributed by atoms with Crippen molar-refractivity contribution in [2.45, 2.75) is 38.8 Å². The van der Waals surface area contributed by atoms with E-state index in [0.717, 1.165) is 24.8 Å². The predicted octanol–water partition coefficient (Wildman–Crippen LogP) is 1.38. The first-order valence-electron chi connectivity index (χ1n) is 8.47. The van der Waals surface area contributed by atoms with Crippen LogP contribution in [0, 0.1) is 0 Å². The zero-order valence-electron chi connectivity index (χ0n) is 14.0. The maximum atomic E-state index is 9.63. The number of hydrogen-bond donors (Lipinski definition) is 2. The summed E-state index contributed by atoms with van der Waals surface area (Å²) in [6.45, 7) is 1.29. The second kappa shape index (κ2) is 8.96. The Morgan fingerprint density at radius 3 is 2.72 bits per heavy atom. The van der Waals surface area contributed by atoms with Gasteiger partial charge in [0.25, 0.3) is 0 Å². The van der Waals surface area contributed by atoms with Crippen LogP contribution in [0.1, 0.15) is 30.5 Å². The van der Waals surface area contributed by atoms with Crippen LogP contribution in [0.4, 0.5) is 0 Å². The van der Waals surface area contributed by atoms with Crippen molar-refractivity contribution in [3.05, 3.63) is 53.9 Å². The van der Waals surface area contributed by atoms with Crippen molar-refractivity contribution in [2.24, 2.45) is 0 Å². The zero-order chi connectivity index (χ0) is 17.5. The van der Waals surface area contributed by atoms with Crippen LogP contribution in [0.25, 0.3) is 0 Å². The first-order chi connectivity index (χ1) is 12.2. The highest BCUT2D eigenvalue weighted by Crippen LogP contribution is 2.16. The van der Waals surface area contributed by atoms with Crippen LogP contribution in [0.5, 0.6) is 5.75 Å². The average Bonchev–Trinajstić information content (AvgIpc) is 2.66. The Labute approximate surface area is 147 Å². The lowest BCUT2D eigenvalue weighted by Gasteiger charge is -2.22. The van der Waals surface area contributed by atoms with E-state index in [9.17, 15) is 10.0 Å². The van der Waals surface area contributed by atoms with E-state index < -0.39 is 7.12 Å². The van der Waals surface area contributed by atoms with Gasteiger partial charge in [0.05, 0.1) is 18.5 Å². The Bertz CT molecular complexity index is 662. The molecule has 0 aliphatic carbocycles. The quantitative estimate of drug-likeness (QED) is 0.740. The van der Waals surface area contributed by atoms with Crippen LogP contribution in [0.2, 0.25) is 0 Å². The van der Waals surface area contributed by atoms with Gasteiger partial charge >= 0.3 is 7.12 Å². The van der Waals surface area contributed by atoms with E-state index >= 15 is 0 Å². The second-order valence-electron chi connectivity index (χ2n) is 5.97. The number of aromatic nitrogens is 1. The highest BCUT2D eigenvalue weighted by atomic mass is 16.7. The Morgan fingerprint density at radius 1 is 1.16 bits per heavy atom. The Morgan fingerprint density at radius 2 is 2.00 bits per heavy atom. The van der Waals surface area contributed by atoms with E-state index in [1.807, 2.05) is 30.3 Å². The monoisotopic (exact) mass is 343 g/mol. The van der Waals surface area contributed by atoms with Gasteiger partial charge < -0.3 is 24.3 Å². The van der Waals surface area contributed by atoms with Crippen LogP contribution in [-0.2, 0) is 22.7 Å². The lowest BCUT2D eigenvalue weighted by atomic mass is 9.80. The minimum absolute atomic E-state index is 0.216. The molecule has 2 N–H and O–H groups in total. The first-order valence-corrected chi connectivity index (χ1v) is 8.47. The Balaban J connectivity index is 1.63. The number of hydrogen-bond acceptors (Lipinski definition) is 6. The predicted molar refractivity (Wildman–Crippen MR) is 93.2 cm³/mol. The topological polar surface area (TPSA) is 81.0 Å². The summed E-state index contributed by atoms with van der Waals surface area (Å²) in [5.41, 5.74) is 1.86. The lowest BCUT2D eigenvalue weighted by Crippen LogP contribution is -2.32. The van der Waals surface area contributed by atoms with Crippen LogP contribution in [0.3, 0.4) is 0 Å². The van der Waals surface area contributed by atoms with Gasteiger partial charge in [-0.2, -0.15) is 0 Å². The molecule has 1 aromatic heterocycles. The third kappa shape index (κ3) is 5.27. The van der Waals surface area contributed by atoms with Gasteiger partial charge in [0.15, 0.2) is 6.29 Å². The van der Waals surface area contributed by atoms with E-state index in [4.69, 9.17) is 14.2 Å². The van der Waals surface area contributed by atoms with Gasteiger partial charge in [-0.15, -0.1) is 0 Å². The molecule has 0 amide bonds. The summed E-state index contributed by atoms with van der Waals surface area (Å²) < 4.78 is 16.9. The molecule has 2 aromatic rings. The first kappa shape index (κ1) is 17.9. The third-order valence-corrected chi connectivity index (χ3v) is 4.02. The molecule has 1 aliphatic heterocycles. The molecular formula is C18H22BNO5. The van der Waals surface area contributed by atoms with E-state index in [-0.39, 0.29) is 18.4 Å². The molecule has 25 heavy (non-hydrogen) atoms. The fraction of sp³-hybridized carbons (Fsp3) is 0.389. The highest BCUT2D eigenvalue weighted by molar-refractivity contribution is 6.59. The number of pyridine rings is 1. The van der Waals surface area contributed by atoms with Gasteiger partial charge in [-0.05, 0) is 30.9 Å². The van der Waals surface area contributed by atoms with Gasteiger partial charge in [0.2, 0.25) is 0 Å². The van der Waals surface area contributed by atoms with Gasteiger partial charge in [-0.3, -0.25) is 4.98 Å². The summed E-state index contributed by atoms with van der Waals surface area (Å²) in [5, 5.41) is 19.3. The largest absolute Gasteiger partial charge is 0.492 e. The van der Waals surface area contributed by atoms with Crippen LogP contribution < -0.4 is 10.2 Å². The zero-order valence-corrected chi connectivity index (χ0v) is 14.0. The lowest BCUT2D eigenvalue weighted by molar-refractivity contribution is -0.169. The van der Waals surface area contributed by atoms with E-state index in [1.54, 1.807) is 6.07 Å². The molecule has 1 aliphatic rings. The molecule has 0 spiro atoms. The Hall–Kier alpha value is -1.93. The minimum atomic E-state index is -1.64. The van der Waals surface area contributed by atoms with Crippen LogP contribution >= 0.6 is 0 Å². The molecule has 1 saturated heterocycles. The molecular weight excluding hydrogens is 321 g/mol. The molecule has 1 fully saturated rings. The number of benzene rings is 1. The molecule has 0 radical (unpaired) electrons. The molecule has 2 heterocycles. The fourth-order valence-corrected chi connectivity index (χ4v) is 2.66. The van der Waals surface area contributed by atoms with E-state index in [2.05, 4.69) is 4.98 Å². The normalized spacial score (nSPS) is 17.3. The molecule has 0 bridgehead atoms. The molecule has 1 unspecified atom stereocenters. The van der Waals surface area contributed by atoms with Crippen molar-refractivity contribution in [2.75, 3.05) is 6.61 Å². The average molecular weight is 343 g/mol. The van der Waals surface area contributed by atoms with Gasteiger partial charge in [0.1, 0.15) is 12.4 Å². The van der Waals surface area contributed by atoms with Crippen molar-refractivity contribution in [3.8, 4) is 5.75 Å². The summed E-state index contributed by atoms with van der Waals surface area (Å²) >= 11 is 0. The summed E-state index contributed by atoms with van der Waals surface area (Å²) in [4.78, 5) is 4.29. The van der Waals surface area contributed by atoms with Gasteiger partial charge in [0, 0.05) is 12.1 Å². The van der Waals surface area contributed by atoms with Crippen molar-refractivity contribution in [3.63, 3.8) is 0 Å². The van der Waals surface area contributed by atoms with E-state index in [0.29, 0.717) is 24.7 Å². The second-order valence-corrected chi connectivity index (χ2v) is 5.97. The minimum Gasteiger partial charge on any atom is -0.488 e. The van der Waals surface area contributed by atoms with Crippen LogP contribution in [0.15, 0.2) is 42.6 Å². The fourth-order valence-electron chi connectivity index (χ4n) is 2.66. The number of nitrogens with zero attached hydrogens (tertiary/aromatic N) is 1. The highest BCUT2D eigenvalue weighted by Gasteiger charge is 2.20. The Kier molecular flexibility index (Phi) is 6.41. The summed E-state index contributed by atoms with van der Waals surface area (Å²) in [5.74, 6) is 0.344. The molecule has 7 heteroatoms. The van der Waals surface area contributed by atoms with Crippen molar-refractivity contribution >= 4 is 12.6 Å². The summed E-state index contributed by atoms with van der Waals surface area (Å²) in [7, 11) is -1.64. The smallest absolute Gasteiger partial charge is 0.488 e. The van der Waals surface area contributed by atoms with E-state index in [1.165, 1.54) is 6.20 Å². The van der Waals surface area contributed by atoms with Crippen molar-refractivity contribution < 1.29 is 24.3 Å². The van der Waals surface area contributed by atoms with Crippen LogP contribution in [-0.4, -0.2) is 35.0 Å². The van der Waals surface area contributed by atoms with Crippen molar-refractivity contribution in [1.82, 2.24) is 4.98 Å².